The minimum atomic E-state index is -0.587. The van der Waals surface area contributed by atoms with Crippen LogP contribution in [0, 0.1) is 21.4 Å². The molecule has 0 aliphatic heterocycles. The Morgan fingerprint density at radius 2 is 2.15 bits per heavy atom. The molecule has 1 aromatic carbocycles. The normalized spacial score (nSPS) is 9.60. The van der Waals surface area contributed by atoms with Crippen LogP contribution in [0.4, 0.5) is 23.1 Å². The maximum absolute atomic E-state index is 11.0. The van der Waals surface area contributed by atoms with Crippen LogP contribution in [0.3, 0.4) is 0 Å². The van der Waals surface area contributed by atoms with Crippen molar-refractivity contribution in [1.29, 1.82) is 5.26 Å². The zero-order chi connectivity index (χ0) is 14.5. The van der Waals surface area contributed by atoms with Gasteiger partial charge in [0.1, 0.15) is 12.3 Å². The number of nitrogens with one attached hydrogen (secondary N) is 2. The van der Waals surface area contributed by atoms with Crippen LogP contribution in [0.1, 0.15) is 5.56 Å². The molecule has 100 valence electrons. The van der Waals surface area contributed by atoms with Crippen LogP contribution in [-0.2, 0) is 0 Å². The molecule has 0 saturated carbocycles. The van der Waals surface area contributed by atoms with Crippen molar-refractivity contribution < 1.29 is 4.92 Å². The Morgan fingerprint density at radius 1 is 1.40 bits per heavy atom. The van der Waals surface area contributed by atoms with Crippen molar-refractivity contribution in [1.82, 2.24) is 9.97 Å². The molecule has 0 bridgehead atoms. The lowest BCUT2D eigenvalue weighted by molar-refractivity contribution is -0.384. The highest BCUT2D eigenvalue weighted by Crippen LogP contribution is 2.27. The summed E-state index contributed by atoms with van der Waals surface area (Å²) in [7, 11) is 1.61. The summed E-state index contributed by atoms with van der Waals surface area (Å²) in [5.41, 5.74) is 0.544. The lowest BCUT2D eigenvalue weighted by Crippen LogP contribution is -2.05. The smallest absolute Gasteiger partial charge is 0.329 e. The van der Waals surface area contributed by atoms with E-state index in [0.717, 1.165) is 6.20 Å². The number of hydrogen-bond donors (Lipinski definition) is 2. The summed E-state index contributed by atoms with van der Waals surface area (Å²) in [5.74, 6) is 0.268. The average Bonchev–Trinajstić information content (AvgIpc) is 2.47. The quantitative estimate of drug-likeness (QED) is 0.644. The van der Waals surface area contributed by atoms with E-state index in [1.807, 2.05) is 6.07 Å². The molecule has 1 aromatic heterocycles. The van der Waals surface area contributed by atoms with E-state index in [1.54, 1.807) is 31.3 Å². The van der Waals surface area contributed by atoms with Gasteiger partial charge in [-0.3, -0.25) is 10.1 Å². The van der Waals surface area contributed by atoms with Gasteiger partial charge < -0.3 is 10.6 Å². The summed E-state index contributed by atoms with van der Waals surface area (Å²) in [4.78, 5) is 18.2. The predicted molar refractivity (Wildman–Crippen MR) is 72.7 cm³/mol. The van der Waals surface area contributed by atoms with E-state index in [4.69, 9.17) is 5.26 Å². The number of rotatable bonds is 4. The largest absolute Gasteiger partial charge is 0.357 e. The second-order valence-corrected chi connectivity index (χ2v) is 3.72. The number of aromatic nitrogens is 2. The Kier molecular flexibility index (Phi) is 3.72. The fraction of sp³-hybridized carbons (Fsp3) is 0.0833. The number of benzene rings is 1. The summed E-state index contributed by atoms with van der Waals surface area (Å²) in [5, 5.41) is 25.5. The van der Waals surface area contributed by atoms with Crippen LogP contribution in [0.5, 0.6) is 0 Å². The predicted octanol–water partition coefficient (Wildman–Crippen LogP) is 2.04. The molecule has 8 heteroatoms. The SMILES string of the molecule is CNc1ncc([N+](=O)[O-])c(Nc2ccccc2C#N)n1. The fourth-order valence-corrected chi connectivity index (χ4v) is 1.54. The summed E-state index contributed by atoms with van der Waals surface area (Å²) in [6, 6.07) is 8.67. The lowest BCUT2D eigenvalue weighted by Gasteiger charge is -2.08. The number of anilines is 3. The van der Waals surface area contributed by atoms with Crippen molar-refractivity contribution in [2.45, 2.75) is 0 Å². The van der Waals surface area contributed by atoms with Gasteiger partial charge in [0.05, 0.1) is 16.2 Å². The van der Waals surface area contributed by atoms with Gasteiger partial charge in [-0.25, -0.2) is 4.98 Å². The Hall–Kier alpha value is -3.21. The third-order valence-electron chi connectivity index (χ3n) is 2.49. The summed E-state index contributed by atoms with van der Waals surface area (Å²) >= 11 is 0. The Balaban J connectivity index is 2.46. The third kappa shape index (κ3) is 2.62. The van der Waals surface area contributed by atoms with E-state index >= 15 is 0 Å². The maximum Gasteiger partial charge on any atom is 0.329 e. The zero-order valence-corrected chi connectivity index (χ0v) is 10.5. The minimum Gasteiger partial charge on any atom is -0.357 e. The molecule has 0 aliphatic carbocycles. The molecule has 0 amide bonds. The highest BCUT2D eigenvalue weighted by atomic mass is 16.6. The molecular weight excluding hydrogens is 260 g/mol. The Labute approximate surface area is 114 Å². The van der Waals surface area contributed by atoms with Crippen molar-refractivity contribution in [3.63, 3.8) is 0 Å². The highest BCUT2D eigenvalue weighted by Gasteiger charge is 2.18. The monoisotopic (exact) mass is 270 g/mol. The third-order valence-corrected chi connectivity index (χ3v) is 2.49. The van der Waals surface area contributed by atoms with Crippen molar-refractivity contribution in [3.05, 3.63) is 46.1 Å². The van der Waals surface area contributed by atoms with E-state index in [9.17, 15) is 10.1 Å². The standard InChI is InChI=1S/C12H10N6O2/c1-14-12-15-7-10(18(19)20)11(17-12)16-9-5-3-2-4-8(9)6-13/h2-5,7H,1H3,(H2,14,15,16,17). The van der Waals surface area contributed by atoms with Gasteiger partial charge >= 0.3 is 5.69 Å². The first-order valence-electron chi connectivity index (χ1n) is 5.61. The van der Waals surface area contributed by atoms with Crippen molar-refractivity contribution in [3.8, 4) is 6.07 Å². The minimum absolute atomic E-state index is 0.0250. The van der Waals surface area contributed by atoms with Gasteiger partial charge in [0.25, 0.3) is 0 Å². The number of nitriles is 1. The first-order chi connectivity index (χ1) is 9.65. The van der Waals surface area contributed by atoms with E-state index < -0.39 is 4.92 Å². The molecule has 2 N–H and O–H groups in total. The lowest BCUT2D eigenvalue weighted by atomic mass is 10.2. The second-order valence-electron chi connectivity index (χ2n) is 3.72. The van der Waals surface area contributed by atoms with Crippen LogP contribution in [0.2, 0.25) is 0 Å². The molecule has 1 heterocycles. The molecule has 20 heavy (non-hydrogen) atoms. The molecule has 0 saturated heterocycles. The number of hydrogen-bond acceptors (Lipinski definition) is 7. The Morgan fingerprint density at radius 3 is 2.80 bits per heavy atom. The Bertz CT molecular complexity index is 695. The van der Waals surface area contributed by atoms with Crippen LogP contribution in [0.25, 0.3) is 0 Å². The number of para-hydroxylation sites is 1. The first-order valence-corrected chi connectivity index (χ1v) is 5.61. The maximum atomic E-state index is 11.0. The van der Waals surface area contributed by atoms with Gasteiger partial charge in [0.15, 0.2) is 0 Å². The van der Waals surface area contributed by atoms with Crippen LogP contribution < -0.4 is 10.6 Å². The molecule has 0 spiro atoms. The summed E-state index contributed by atoms with van der Waals surface area (Å²) in [6.07, 6.45) is 1.11. The molecule has 2 aromatic rings. The average molecular weight is 270 g/mol. The van der Waals surface area contributed by atoms with Gasteiger partial charge in [0, 0.05) is 7.05 Å². The molecule has 0 fully saturated rings. The summed E-state index contributed by atoms with van der Waals surface area (Å²) < 4.78 is 0. The first kappa shape index (κ1) is 13.2. The molecular formula is C12H10N6O2. The van der Waals surface area contributed by atoms with Crippen molar-refractivity contribution in [2.75, 3.05) is 17.7 Å². The van der Waals surface area contributed by atoms with E-state index in [2.05, 4.69) is 20.6 Å². The topological polar surface area (TPSA) is 117 Å². The van der Waals surface area contributed by atoms with Gasteiger partial charge in [0.2, 0.25) is 11.8 Å². The molecule has 0 atom stereocenters. The van der Waals surface area contributed by atoms with Gasteiger partial charge in [-0.2, -0.15) is 10.2 Å². The highest BCUT2D eigenvalue weighted by molar-refractivity contribution is 5.70. The molecule has 0 unspecified atom stereocenters. The number of nitro groups is 1. The van der Waals surface area contributed by atoms with Crippen molar-refractivity contribution >= 4 is 23.1 Å². The van der Waals surface area contributed by atoms with Gasteiger partial charge in [-0.15, -0.1) is 0 Å². The fourth-order valence-electron chi connectivity index (χ4n) is 1.54. The van der Waals surface area contributed by atoms with Gasteiger partial charge in [-0.05, 0) is 12.1 Å². The van der Waals surface area contributed by atoms with E-state index in [-0.39, 0.29) is 17.5 Å². The van der Waals surface area contributed by atoms with E-state index in [0.29, 0.717) is 11.3 Å². The number of nitrogens with zero attached hydrogens (tertiary/aromatic N) is 4. The van der Waals surface area contributed by atoms with Crippen LogP contribution in [-0.4, -0.2) is 21.9 Å². The van der Waals surface area contributed by atoms with Crippen molar-refractivity contribution in [2.24, 2.45) is 0 Å². The molecule has 2 rings (SSSR count). The van der Waals surface area contributed by atoms with E-state index in [1.165, 1.54) is 0 Å². The zero-order valence-electron chi connectivity index (χ0n) is 10.5. The molecule has 8 nitrogen and oxygen atoms in total. The van der Waals surface area contributed by atoms with Gasteiger partial charge in [-0.1, -0.05) is 12.1 Å². The summed E-state index contributed by atoms with van der Waals surface area (Å²) in [6.45, 7) is 0. The molecule has 0 radical (unpaired) electrons. The van der Waals surface area contributed by atoms with Crippen LogP contribution >= 0.6 is 0 Å². The molecule has 0 aliphatic rings. The second kappa shape index (κ2) is 5.62. The van der Waals surface area contributed by atoms with Crippen LogP contribution in [0.15, 0.2) is 30.5 Å².